The fourth-order valence-electron chi connectivity index (χ4n) is 2.55. The Morgan fingerprint density at radius 2 is 2.00 bits per heavy atom. The third kappa shape index (κ3) is 2.79. The first-order valence-corrected chi connectivity index (χ1v) is 8.11. The van der Waals surface area contributed by atoms with Crippen LogP contribution in [-0.4, -0.2) is 35.1 Å². The van der Waals surface area contributed by atoms with E-state index in [1.54, 1.807) is 0 Å². The lowest BCUT2D eigenvalue weighted by molar-refractivity contribution is 0.646. The molecule has 0 saturated carbocycles. The van der Waals surface area contributed by atoms with Crippen LogP contribution in [0.2, 0.25) is 0 Å². The van der Waals surface area contributed by atoms with Gasteiger partial charge in [0.15, 0.2) is 0 Å². The first-order valence-electron chi connectivity index (χ1n) is 6.71. The third-order valence-corrected chi connectivity index (χ3v) is 4.49. The van der Waals surface area contributed by atoms with Gasteiger partial charge in [0.25, 0.3) is 0 Å². The van der Waals surface area contributed by atoms with E-state index in [9.17, 15) is 0 Å². The molecule has 4 heteroatoms. The summed E-state index contributed by atoms with van der Waals surface area (Å²) < 4.78 is 0. The van der Waals surface area contributed by atoms with E-state index in [-0.39, 0.29) is 0 Å². The summed E-state index contributed by atoms with van der Waals surface area (Å²) >= 11 is 1.89. The van der Waals surface area contributed by atoms with Crippen molar-refractivity contribution in [2.75, 3.05) is 24.0 Å². The minimum absolute atomic E-state index is 0.514. The van der Waals surface area contributed by atoms with Crippen LogP contribution in [0.15, 0.2) is 0 Å². The molecular formula is C14H23N3S. The van der Waals surface area contributed by atoms with Gasteiger partial charge < -0.3 is 4.90 Å². The van der Waals surface area contributed by atoms with Crippen molar-refractivity contribution >= 4 is 17.6 Å². The number of thioether (sulfide) groups is 1. The van der Waals surface area contributed by atoms with Crippen LogP contribution in [0.5, 0.6) is 0 Å². The van der Waals surface area contributed by atoms with Gasteiger partial charge in [-0.3, -0.25) is 0 Å². The van der Waals surface area contributed by atoms with E-state index in [1.807, 2.05) is 18.7 Å². The van der Waals surface area contributed by atoms with Gasteiger partial charge in [0.2, 0.25) is 0 Å². The average molecular weight is 265 g/mol. The Balaban J connectivity index is 2.34. The van der Waals surface area contributed by atoms with E-state index in [4.69, 9.17) is 4.98 Å². The maximum Gasteiger partial charge on any atom is 0.135 e. The zero-order valence-corrected chi connectivity index (χ0v) is 12.7. The number of aromatic nitrogens is 2. The molecule has 0 fully saturated rings. The van der Waals surface area contributed by atoms with Crippen molar-refractivity contribution < 1.29 is 0 Å². The van der Waals surface area contributed by atoms with Gasteiger partial charge in [-0.05, 0) is 45.8 Å². The number of nitrogens with zero attached hydrogens (tertiary/aromatic N) is 3. The topological polar surface area (TPSA) is 29.0 Å². The molecule has 1 aliphatic rings. The molecule has 18 heavy (non-hydrogen) atoms. The Morgan fingerprint density at radius 1 is 1.28 bits per heavy atom. The van der Waals surface area contributed by atoms with Gasteiger partial charge in [0, 0.05) is 30.1 Å². The minimum Gasteiger partial charge on any atom is -0.356 e. The van der Waals surface area contributed by atoms with E-state index < -0.39 is 0 Å². The first kappa shape index (κ1) is 13.7. The van der Waals surface area contributed by atoms with Gasteiger partial charge in [-0.15, -0.1) is 0 Å². The summed E-state index contributed by atoms with van der Waals surface area (Å²) in [5, 5.41) is 0. The van der Waals surface area contributed by atoms with Gasteiger partial charge in [0.05, 0.1) is 0 Å². The zero-order valence-electron chi connectivity index (χ0n) is 11.9. The molecule has 0 amide bonds. The van der Waals surface area contributed by atoms with Crippen molar-refractivity contribution in [2.24, 2.45) is 0 Å². The van der Waals surface area contributed by atoms with Crippen LogP contribution in [0.4, 0.5) is 5.82 Å². The largest absolute Gasteiger partial charge is 0.356 e. The smallest absolute Gasteiger partial charge is 0.135 e. The van der Waals surface area contributed by atoms with Crippen LogP contribution in [0.3, 0.4) is 0 Å². The number of hydrogen-bond acceptors (Lipinski definition) is 4. The van der Waals surface area contributed by atoms with Crippen LogP contribution in [-0.2, 0) is 12.8 Å². The highest BCUT2D eigenvalue weighted by atomic mass is 32.2. The molecule has 2 rings (SSSR count). The normalized spacial score (nSPS) is 16.2. The molecule has 0 N–H and O–H groups in total. The van der Waals surface area contributed by atoms with Crippen molar-refractivity contribution in [3.8, 4) is 0 Å². The number of hydrogen-bond donors (Lipinski definition) is 0. The second kappa shape index (κ2) is 5.91. The van der Waals surface area contributed by atoms with E-state index in [0.29, 0.717) is 6.04 Å². The van der Waals surface area contributed by atoms with Crippen LogP contribution in [0, 0.1) is 6.92 Å². The molecule has 1 aromatic rings. The lowest BCUT2D eigenvalue weighted by Gasteiger charge is -2.29. The molecule has 0 aliphatic heterocycles. The lowest BCUT2D eigenvalue weighted by atomic mass is 9.96. The van der Waals surface area contributed by atoms with Crippen molar-refractivity contribution in [3.05, 3.63) is 17.1 Å². The lowest BCUT2D eigenvalue weighted by Crippen LogP contribution is -2.33. The Hall–Kier alpha value is -0.770. The predicted octanol–water partition coefficient (Wildman–Crippen LogP) is 2.85. The van der Waals surface area contributed by atoms with Gasteiger partial charge in [-0.2, -0.15) is 11.8 Å². The van der Waals surface area contributed by atoms with Crippen LogP contribution in [0.25, 0.3) is 0 Å². The molecule has 1 aliphatic carbocycles. The molecule has 1 aromatic heterocycles. The van der Waals surface area contributed by atoms with Gasteiger partial charge in [-0.25, -0.2) is 9.97 Å². The summed E-state index contributed by atoms with van der Waals surface area (Å²) in [6.45, 7) is 4.27. The summed E-state index contributed by atoms with van der Waals surface area (Å²) in [6, 6.07) is 0.514. The van der Waals surface area contributed by atoms with Crippen LogP contribution in [0.1, 0.15) is 36.8 Å². The number of aryl methyl sites for hydroxylation is 2. The average Bonchev–Trinajstić information content (AvgIpc) is 2.37. The number of rotatable bonds is 4. The predicted molar refractivity (Wildman–Crippen MR) is 79.7 cm³/mol. The highest BCUT2D eigenvalue weighted by molar-refractivity contribution is 7.98. The summed E-state index contributed by atoms with van der Waals surface area (Å²) in [7, 11) is 2.16. The molecule has 100 valence electrons. The van der Waals surface area contributed by atoms with Crippen LogP contribution < -0.4 is 4.90 Å². The molecule has 3 nitrogen and oxygen atoms in total. The summed E-state index contributed by atoms with van der Waals surface area (Å²) in [4.78, 5) is 11.6. The van der Waals surface area contributed by atoms with Crippen LogP contribution >= 0.6 is 11.8 Å². The molecule has 0 radical (unpaired) electrons. The second-order valence-electron chi connectivity index (χ2n) is 5.14. The molecule has 0 spiro atoms. The second-order valence-corrected chi connectivity index (χ2v) is 6.05. The SMILES string of the molecule is CSCC(C)N(C)c1nc(C)nc2c1CCCC2. The quantitative estimate of drug-likeness (QED) is 0.837. The van der Waals surface area contributed by atoms with Crippen molar-refractivity contribution in [3.63, 3.8) is 0 Å². The molecule has 0 aromatic carbocycles. The Kier molecular flexibility index (Phi) is 4.49. The van der Waals surface area contributed by atoms with E-state index in [1.165, 1.54) is 29.9 Å². The molecule has 1 heterocycles. The zero-order chi connectivity index (χ0) is 13.1. The van der Waals surface area contributed by atoms with Gasteiger partial charge in [-0.1, -0.05) is 0 Å². The minimum atomic E-state index is 0.514. The monoisotopic (exact) mass is 265 g/mol. The maximum atomic E-state index is 4.70. The van der Waals surface area contributed by atoms with Crippen molar-refractivity contribution in [1.29, 1.82) is 0 Å². The standard InChI is InChI=1S/C14H23N3S/c1-10(9-18-4)17(3)14-12-7-5-6-8-13(12)15-11(2)16-14/h10H,5-9H2,1-4H3. The summed E-state index contributed by atoms with van der Waals surface area (Å²) in [6.07, 6.45) is 6.97. The maximum absolute atomic E-state index is 4.70. The fraction of sp³-hybridized carbons (Fsp3) is 0.714. The highest BCUT2D eigenvalue weighted by Gasteiger charge is 2.21. The van der Waals surface area contributed by atoms with Gasteiger partial charge in [0.1, 0.15) is 11.6 Å². The van der Waals surface area contributed by atoms with E-state index in [0.717, 1.165) is 24.4 Å². The number of anilines is 1. The summed E-state index contributed by atoms with van der Waals surface area (Å²) in [5.74, 6) is 3.21. The molecular weight excluding hydrogens is 242 g/mol. The Bertz CT molecular complexity index is 420. The Morgan fingerprint density at radius 3 is 2.72 bits per heavy atom. The fourth-order valence-corrected chi connectivity index (χ4v) is 3.25. The highest BCUT2D eigenvalue weighted by Crippen LogP contribution is 2.28. The van der Waals surface area contributed by atoms with Crippen molar-refractivity contribution in [1.82, 2.24) is 9.97 Å². The first-order chi connectivity index (χ1) is 8.63. The molecule has 0 bridgehead atoms. The molecule has 1 atom stereocenters. The van der Waals surface area contributed by atoms with Crippen molar-refractivity contribution in [2.45, 2.75) is 45.6 Å². The third-order valence-electron chi connectivity index (χ3n) is 3.68. The Labute approximate surface area is 114 Å². The summed E-state index contributed by atoms with van der Waals surface area (Å²) in [5.41, 5.74) is 2.68. The molecule has 0 saturated heterocycles. The van der Waals surface area contributed by atoms with E-state index in [2.05, 4.69) is 30.1 Å². The van der Waals surface area contributed by atoms with E-state index >= 15 is 0 Å². The van der Waals surface area contributed by atoms with Gasteiger partial charge >= 0.3 is 0 Å². The molecule has 1 unspecified atom stereocenters. The number of fused-ring (bicyclic) bond motifs is 1.